The Morgan fingerprint density at radius 1 is 0.232 bits per heavy atom. The van der Waals surface area contributed by atoms with Gasteiger partial charge in [-0.2, -0.15) is 0 Å². The summed E-state index contributed by atoms with van der Waals surface area (Å²) >= 11 is 0. The Hall–Kier alpha value is -2.62. The molecule has 40 atom stereocenters. The summed E-state index contributed by atoms with van der Waals surface area (Å²) in [6.45, 7) is -8.57. The van der Waals surface area contributed by atoms with Crippen molar-refractivity contribution in [3.8, 4) is 0 Å². The number of carbonyl (C=O) groups excluding carboxylic acids is 1. The van der Waals surface area contributed by atoms with E-state index in [0.29, 0.717) is 0 Å². The Morgan fingerprint density at radius 3 is 0.547 bits per heavy atom. The predicted octanol–water partition coefficient (Wildman–Crippen LogP) is -17.4. The fourth-order valence-corrected chi connectivity index (χ4v) is 12.4. The molecule has 0 unspecified atom stereocenters. The van der Waals surface area contributed by atoms with Crippen molar-refractivity contribution in [1.29, 1.82) is 0 Å². The highest BCUT2D eigenvalue weighted by Crippen LogP contribution is 2.40. The number of rotatable bonds is 12. The molecule has 43 nitrogen and oxygen atoms in total. The molecule has 30 fully saturated rings. The van der Waals surface area contributed by atoms with Crippen molar-refractivity contribution < 1.29 is 208 Å². The van der Waals surface area contributed by atoms with Gasteiger partial charge in [0.2, 0.25) is 5.91 Å². The third kappa shape index (κ3) is 16.0. The summed E-state index contributed by atoms with van der Waals surface area (Å²) in [6, 6.07) is 0. The Morgan fingerprint density at radius 2 is 0.389 bits per heavy atom. The van der Waals surface area contributed by atoms with Gasteiger partial charge in [-0.1, -0.05) is 0 Å². The summed E-state index contributed by atoms with van der Waals surface area (Å²) in [6.07, 6.45) is -85.2. The molecule has 0 aliphatic carbocycles. The second-order valence-corrected chi connectivity index (χ2v) is 24.0. The third-order valence-corrected chi connectivity index (χ3v) is 17.8. The molecule has 25 N–H and O–H groups in total. The average molecular weight is 1400 g/mol. The first-order chi connectivity index (χ1) is 45.1. The van der Waals surface area contributed by atoms with Crippen molar-refractivity contribution in [2.75, 3.05) is 52.8 Å². The number of carbonyl (C=O) groups is 2. The molecule has 0 aromatic heterocycles. The Balaban J connectivity index is 0.996. The minimum absolute atomic E-state index is 0.624. The monoisotopic (exact) mass is 1400 g/mol. The van der Waals surface area contributed by atoms with Crippen molar-refractivity contribution in [3.05, 3.63) is 0 Å². The van der Waals surface area contributed by atoms with Crippen LogP contribution in [-0.2, 0) is 85.4 Å². The molecule has 16 bridgehead atoms. The highest BCUT2D eigenvalue weighted by molar-refractivity contribution is 5.80. The number of carboxylic acids is 1. The summed E-state index contributed by atoms with van der Waals surface area (Å²) < 4.78 is 91.8. The smallest absolute Gasteiger partial charge is 0.303 e. The molecule has 30 aliphatic heterocycles. The molecule has 95 heavy (non-hydrogen) atoms. The van der Waals surface area contributed by atoms with Gasteiger partial charge in [-0.15, -0.1) is 0 Å². The van der Waals surface area contributed by atoms with E-state index in [1.165, 1.54) is 0 Å². The van der Waals surface area contributed by atoms with Crippen LogP contribution in [0.25, 0.3) is 0 Å². The summed E-state index contributed by atoms with van der Waals surface area (Å²) in [5.41, 5.74) is 0. The minimum atomic E-state index is -2.34. The van der Waals surface area contributed by atoms with Crippen LogP contribution in [-0.4, -0.2) is 433 Å². The molecule has 30 rings (SSSR count). The number of aliphatic carboxylic acids is 1. The summed E-state index contributed by atoms with van der Waals surface area (Å²) in [5, 5.41) is 268. The quantitative estimate of drug-likeness (QED) is 0.0863. The van der Waals surface area contributed by atoms with Gasteiger partial charge >= 0.3 is 5.97 Å². The maximum Gasteiger partial charge on any atom is 0.303 e. The van der Waals surface area contributed by atoms with Crippen LogP contribution >= 0.6 is 0 Å². The maximum atomic E-state index is 12.8. The number of hydrogen-bond acceptors (Lipinski definition) is 41. The first kappa shape index (κ1) is 76.6. The van der Waals surface area contributed by atoms with Crippen LogP contribution < -0.4 is 5.32 Å². The molecule has 0 aromatic carbocycles. The van der Waals surface area contributed by atoms with Crippen molar-refractivity contribution in [2.24, 2.45) is 0 Å². The molecule has 30 heterocycles. The number of aliphatic hydroxyl groups is 23. The molecule has 30 saturated heterocycles. The second-order valence-electron chi connectivity index (χ2n) is 24.0. The number of aliphatic hydroxyl groups excluding tert-OH is 23. The molecular weight excluding hydrogens is 1310 g/mol. The number of carboxylic acid groups (broad SMARTS) is 1. The zero-order valence-corrected chi connectivity index (χ0v) is 49.7. The molecule has 0 spiro atoms. The van der Waals surface area contributed by atoms with Gasteiger partial charge in [0.1, 0.15) is 195 Å². The van der Waals surface area contributed by atoms with Crippen LogP contribution in [0.4, 0.5) is 0 Å². The van der Waals surface area contributed by atoms with Gasteiger partial charge in [-0.25, -0.2) is 0 Å². The van der Waals surface area contributed by atoms with Gasteiger partial charge in [0.15, 0.2) is 50.3 Å². The van der Waals surface area contributed by atoms with Gasteiger partial charge in [0.05, 0.1) is 52.7 Å². The van der Waals surface area contributed by atoms with Gasteiger partial charge < -0.3 is 204 Å². The van der Waals surface area contributed by atoms with E-state index in [9.17, 15) is 127 Å². The zero-order chi connectivity index (χ0) is 69.3. The standard InChI is InChI=1S/C52H85NO42/c54-4-12-38-23(66)31(74)47(82-12)91-40-14(6-56)84-49(33(76)25(40)68)93-42-16(8-58)86-51(35(78)27(42)70)95-44-18(10-60)87-52(36(79)28(44)71)94-43-17(9-59)85-50(34(77)26(43)69)92-41-15(7-57)83-48(32(75)24(41)67)90-39-13(5-55)81-46(30(73)22(39)65)88-37-11(3-53-19(61)1-2-20(62)63)80-45(89-38)29(72)21(37)64/h11-18,21-52,54-60,64-79H,1-10H2,(H,53,61)(H,62,63)/t11-,12-,13-,14-,15-,16-,17-,18-,21-,22-,23-,24-,25-,26-,27-,28-,29-,30-,31-,32-,33-,34-,35-,36-,37-,38-,39-,40-,41-,42-,43-,44-,45-,46-,47-,48-,49-,50-,51-,52-/m1/s1. The highest BCUT2D eigenvalue weighted by Gasteiger charge is 2.60. The van der Waals surface area contributed by atoms with Crippen molar-refractivity contribution >= 4 is 11.9 Å². The molecule has 0 radical (unpaired) electrons. The van der Waals surface area contributed by atoms with Crippen LogP contribution in [0.3, 0.4) is 0 Å². The van der Waals surface area contributed by atoms with E-state index in [1.54, 1.807) is 0 Å². The number of nitrogens with one attached hydrogen (secondary N) is 1. The van der Waals surface area contributed by atoms with Crippen LogP contribution in [0.15, 0.2) is 0 Å². The number of hydrogen-bond donors (Lipinski definition) is 25. The summed E-state index contributed by atoms with van der Waals surface area (Å²) in [7, 11) is 0. The topological polar surface area (TPSA) is 679 Å². The molecule has 0 aromatic rings. The summed E-state index contributed by atoms with van der Waals surface area (Å²) in [5.74, 6) is -2.32. The fraction of sp³-hybridized carbons (Fsp3) is 0.962. The lowest BCUT2D eigenvalue weighted by atomic mass is 9.94. The molecule has 1 amide bonds. The predicted molar refractivity (Wildman–Crippen MR) is 284 cm³/mol. The van der Waals surface area contributed by atoms with E-state index >= 15 is 0 Å². The molecule has 43 heteroatoms. The Labute approximate surface area is 535 Å². The molecule has 550 valence electrons. The minimum Gasteiger partial charge on any atom is -0.481 e. The maximum absolute atomic E-state index is 12.8. The summed E-state index contributed by atoms with van der Waals surface area (Å²) in [4.78, 5) is 24.1. The number of amides is 1. The average Bonchev–Trinajstić information content (AvgIpc) is 0.814. The number of ether oxygens (including phenoxy) is 16. The van der Waals surface area contributed by atoms with E-state index in [-0.39, 0.29) is 0 Å². The first-order valence-electron chi connectivity index (χ1n) is 30.3. The van der Waals surface area contributed by atoms with Crippen molar-refractivity contribution in [2.45, 2.75) is 258 Å². The van der Waals surface area contributed by atoms with E-state index < -0.39 is 323 Å². The van der Waals surface area contributed by atoms with Gasteiger partial charge in [0, 0.05) is 13.0 Å². The van der Waals surface area contributed by atoms with E-state index in [1.807, 2.05) is 0 Å². The lowest BCUT2D eigenvalue weighted by Gasteiger charge is -2.50. The Bertz CT molecular complexity index is 2400. The normalized spacial score (nSPS) is 52.0. The van der Waals surface area contributed by atoms with Gasteiger partial charge in [0.25, 0.3) is 0 Å². The molecule has 0 saturated carbocycles. The largest absolute Gasteiger partial charge is 0.481 e. The van der Waals surface area contributed by atoms with Crippen molar-refractivity contribution in [1.82, 2.24) is 5.32 Å². The third-order valence-electron chi connectivity index (χ3n) is 17.8. The zero-order valence-electron chi connectivity index (χ0n) is 49.7. The van der Waals surface area contributed by atoms with Crippen LogP contribution in [0, 0.1) is 0 Å². The SMILES string of the molecule is O=C(O)CCC(=O)NC[C@H]1O[C@@H]2O[C@H]3[C@H](O)[C@@H](O)[C@@H](O[C@H]4[C@H](O)[C@@H](O)[C@@H](O[C@H]5[C@H](O)[C@@H](O)[C@@H](O[C@H]6[C@H](O)[C@@H](O)[C@@H](O[C@H]7[C@H](O)[C@@H](O)[C@@H](O[C@H]8[C@H](O)[C@@H](O)[C@@H](O[C@H]9[C@H](O)[C@@H](O)[C@@H](O[C@H]1[C@H](O)[C@H]2O)O[C@@H]9CO)O[C@@H]8CO)O[C@@H]7CO)O[C@@H]6CO)O[C@@H]5CO)O[C@@H]4CO)O[C@@H]3CO. The van der Waals surface area contributed by atoms with E-state index in [0.717, 1.165) is 0 Å². The van der Waals surface area contributed by atoms with Crippen LogP contribution in [0.2, 0.25) is 0 Å². The van der Waals surface area contributed by atoms with Crippen LogP contribution in [0.1, 0.15) is 12.8 Å². The fourth-order valence-electron chi connectivity index (χ4n) is 12.4. The second kappa shape index (κ2) is 33.0. The lowest BCUT2D eigenvalue weighted by molar-refractivity contribution is -0.403. The van der Waals surface area contributed by atoms with E-state index in [2.05, 4.69) is 5.32 Å². The van der Waals surface area contributed by atoms with Crippen molar-refractivity contribution in [3.63, 3.8) is 0 Å². The van der Waals surface area contributed by atoms with Crippen LogP contribution in [0.5, 0.6) is 0 Å². The van der Waals surface area contributed by atoms with Gasteiger partial charge in [-0.3, -0.25) is 9.59 Å². The highest BCUT2D eigenvalue weighted by atomic mass is 16.8. The molecular formula is C52H85NO42. The molecule has 30 aliphatic rings. The lowest BCUT2D eigenvalue weighted by Crippen LogP contribution is -2.69. The van der Waals surface area contributed by atoms with Gasteiger partial charge in [-0.05, 0) is 0 Å². The Kier molecular flexibility index (Phi) is 26.6. The first-order valence-corrected chi connectivity index (χ1v) is 30.3. The van der Waals surface area contributed by atoms with E-state index in [4.69, 9.17) is 80.9 Å².